The van der Waals surface area contributed by atoms with E-state index in [9.17, 15) is 18.3 Å². The molecule has 1 aliphatic rings. The minimum atomic E-state index is -3.83. The summed E-state index contributed by atoms with van der Waals surface area (Å²) in [5.41, 5.74) is -0.396. The van der Waals surface area contributed by atoms with Crippen LogP contribution in [0.5, 0.6) is 23.1 Å². The van der Waals surface area contributed by atoms with E-state index < -0.39 is 21.8 Å². The first-order valence-corrected chi connectivity index (χ1v) is 10.8. The van der Waals surface area contributed by atoms with Crippen molar-refractivity contribution in [2.75, 3.05) is 13.7 Å². The third-order valence-electron chi connectivity index (χ3n) is 5.00. The molecule has 1 atom stereocenters. The van der Waals surface area contributed by atoms with Gasteiger partial charge < -0.3 is 19.6 Å². The van der Waals surface area contributed by atoms with Crippen LogP contribution in [-0.2, 0) is 10.0 Å². The summed E-state index contributed by atoms with van der Waals surface area (Å²) in [6.07, 6.45) is 1.12. The van der Waals surface area contributed by atoms with E-state index in [1.165, 1.54) is 16.4 Å². The molecule has 0 saturated carbocycles. The topological polar surface area (TPSA) is 125 Å². The molecule has 1 unspecified atom stereocenters. The van der Waals surface area contributed by atoms with Gasteiger partial charge in [0, 0.05) is 6.54 Å². The van der Waals surface area contributed by atoms with Gasteiger partial charge in [0.1, 0.15) is 17.2 Å². The molecule has 158 valence electrons. The number of sulfonamides is 1. The predicted octanol–water partition coefficient (Wildman–Crippen LogP) is 2.74. The van der Waals surface area contributed by atoms with Crippen LogP contribution in [0, 0.1) is 0 Å². The maximum absolute atomic E-state index is 13.2. The van der Waals surface area contributed by atoms with Crippen LogP contribution in [0.15, 0.2) is 58.2 Å². The summed E-state index contributed by atoms with van der Waals surface area (Å²) in [6, 6.07) is 12.5. The first-order valence-electron chi connectivity index (χ1n) is 9.33. The fourth-order valence-electron chi connectivity index (χ4n) is 3.54. The number of nitrogens with zero attached hydrogens (tertiary/aromatic N) is 1. The molecule has 0 radical (unpaired) electrons. The molecule has 9 nitrogen and oxygen atoms in total. The molecule has 2 heterocycles. The van der Waals surface area contributed by atoms with Crippen LogP contribution < -0.4 is 15.2 Å². The first-order chi connectivity index (χ1) is 14.4. The van der Waals surface area contributed by atoms with Gasteiger partial charge in [-0.25, -0.2) is 13.2 Å². The summed E-state index contributed by atoms with van der Waals surface area (Å²) in [4.78, 5) is 16.3. The third kappa shape index (κ3) is 3.79. The average Bonchev–Trinajstić information content (AvgIpc) is 3.35. The lowest BCUT2D eigenvalue weighted by Crippen LogP contribution is -2.31. The molecule has 1 saturated heterocycles. The second kappa shape index (κ2) is 7.88. The molecule has 0 aliphatic carbocycles. The number of aromatic nitrogens is 2. The van der Waals surface area contributed by atoms with Crippen molar-refractivity contribution in [2.24, 2.45) is 0 Å². The first kappa shape index (κ1) is 20.0. The molecule has 1 aromatic heterocycles. The number of aromatic hydroxyl groups is 1. The van der Waals surface area contributed by atoms with E-state index in [0.29, 0.717) is 36.6 Å². The third-order valence-corrected chi connectivity index (χ3v) is 6.92. The highest BCUT2D eigenvalue weighted by Gasteiger charge is 2.38. The Hall–Kier alpha value is -3.24. The number of nitrogens with one attached hydrogen (secondary N) is 2. The summed E-state index contributed by atoms with van der Waals surface area (Å²) in [7, 11) is -2.25. The van der Waals surface area contributed by atoms with Gasteiger partial charge in [0.2, 0.25) is 15.9 Å². The largest absolute Gasteiger partial charge is 0.497 e. The highest BCUT2D eigenvalue weighted by atomic mass is 32.2. The van der Waals surface area contributed by atoms with E-state index in [0.717, 1.165) is 0 Å². The summed E-state index contributed by atoms with van der Waals surface area (Å²) < 4.78 is 38.5. The average molecular weight is 431 g/mol. The zero-order valence-electron chi connectivity index (χ0n) is 16.2. The second-order valence-electron chi connectivity index (χ2n) is 6.86. The molecule has 0 spiro atoms. The fraction of sp³-hybridized carbons (Fsp3) is 0.250. The second-order valence-corrected chi connectivity index (χ2v) is 8.75. The molecule has 3 N–H and O–H groups in total. The number of aromatic amines is 2. The lowest BCUT2D eigenvalue weighted by Gasteiger charge is -2.23. The Morgan fingerprint density at radius 3 is 2.17 bits per heavy atom. The highest BCUT2D eigenvalue weighted by Crippen LogP contribution is 2.38. The molecule has 0 amide bonds. The molecule has 10 heteroatoms. The Balaban J connectivity index is 1.55. The van der Waals surface area contributed by atoms with Crippen LogP contribution in [0.3, 0.4) is 0 Å². The van der Waals surface area contributed by atoms with Gasteiger partial charge in [-0.2, -0.15) is 4.31 Å². The monoisotopic (exact) mass is 431 g/mol. The number of hydrogen-bond acceptors (Lipinski definition) is 6. The summed E-state index contributed by atoms with van der Waals surface area (Å²) in [5, 5.41) is 9.92. The van der Waals surface area contributed by atoms with E-state index in [1.807, 2.05) is 0 Å². The van der Waals surface area contributed by atoms with E-state index in [1.54, 1.807) is 43.5 Å². The van der Waals surface area contributed by atoms with Crippen molar-refractivity contribution in [3.8, 4) is 23.1 Å². The standard InChI is InChI=1S/C20H21N3O6S/c1-28-13-4-6-14(7-5-13)29-15-8-10-16(11-9-15)30(26,27)23-12-2-3-17(23)18-19(24)22-20(25)21-18/h4-11,17,24H,2-3,12H2,1H3,(H2,21,22,25). The maximum Gasteiger partial charge on any atom is 0.326 e. The summed E-state index contributed by atoms with van der Waals surface area (Å²) in [6.45, 7) is 0.295. The molecular formula is C20H21N3O6S. The van der Waals surface area contributed by atoms with Gasteiger partial charge in [-0.3, -0.25) is 4.98 Å². The van der Waals surface area contributed by atoms with Gasteiger partial charge in [-0.05, 0) is 61.4 Å². The van der Waals surface area contributed by atoms with Gasteiger partial charge >= 0.3 is 5.69 Å². The number of rotatable bonds is 6. The molecule has 30 heavy (non-hydrogen) atoms. The van der Waals surface area contributed by atoms with Crippen LogP contribution >= 0.6 is 0 Å². The van der Waals surface area contributed by atoms with E-state index in [-0.39, 0.29) is 16.5 Å². The van der Waals surface area contributed by atoms with Crippen molar-refractivity contribution in [1.29, 1.82) is 0 Å². The molecule has 4 rings (SSSR count). The molecule has 0 bridgehead atoms. The zero-order valence-corrected chi connectivity index (χ0v) is 17.0. The van der Waals surface area contributed by atoms with Gasteiger partial charge in [0.25, 0.3) is 0 Å². The van der Waals surface area contributed by atoms with Crippen LogP contribution in [0.2, 0.25) is 0 Å². The summed E-state index contributed by atoms with van der Waals surface area (Å²) in [5.74, 6) is 1.46. The van der Waals surface area contributed by atoms with Crippen LogP contribution in [-0.4, -0.2) is 41.5 Å². The predicted molar refractivity (Wildman–Crippen MR) is 108 cm³/mol. The molecular weight excluding hydrogens is 410 g/mol. The Bertz CT molecular complexity index is 1180. The van der Waals surface area contributed by atoms with Crippen LogP contribution in [0.1, 0.15) is 24.6 Å². The van der Waals surface area contributed by atoms with Gasteiger partial charge in [-0.15, -0.1) is 0 Å². The Kier molecular flexibility index (Phi) is 5.27. The van der Waals surface area contributed by atoms with Gasteiger partial charge in [0.15, 0.2) is 0 Å². The van der Waals surface area contributed by atoms with Crippen molar-refractivity contribution < 1.29 is 23.0 Å². The molecule has 2 aromatic carbocycles. The van der Waals surface area contributed by atoms with Crippen molar-refractivity contribution in [1.82, 2.24) is 14.3 Å². The Morgan fingerprint density at radius 1 is 1.00 bits per heavy atom. The maximum atomic E-state index is 13.2. The van der Waals surface area contributed by atoms with Crippen molar-refractivity contribution in [3.05, 3.63) is 64.7 Å². The van der Waals surface area contributed by atoms with Crippen molar-refractivity contribution in [3.63, 3.8) is 0 Å². The molecule has 1 aliphatic heterocycles. The van der Waals surface area contributed by atoms with Crippen molar-refractivity contribution >= 4 is 10.0 Å². The van der Waals surface area contributed by atoms with E-state index >= 15 is 0 Å². The number of methoxy groups -OCH3 is 1. The Labute approximate surface area is 172 Å². The molecule has 1 fully saturated rings. The Morgan fingerprint density at radius 2 is 1.60 bits per heavy atom. The quantitative estimate of drug-likeness (QED) is 0.551. The fourth-order valence-corrected chi connectivity index (χ4v) is 5.21. The lowest BCUT2D eigenvalue weighted by atomic mass is 10.2. The lowest BCUT2D eigenvalue weighted by molar-refractivity contribution is 0.371. The zero-order chi connectivity index (χ0) is 21.3. The number of imidazole rings is 1. The number of H-pyrrole nitrogens is 2. The number of benzene rings is 2. The molecule has 3 aromatic rings. The van der Waals surface area contributed by atoms with Gasteiger partial charge in [0.05, 0.1) is 23.7 Å². The minimum absolute atomic E-state index is 0.105. The highest BCUT2D eigenvalue weighted by molar-refractivity contribution is 7.89. The van der Waals surface area contributed by atoms with Gasteiger partial charge in [-0.1, -0.05) is 0 Å². The number of ether oxygens (including phenoxy) is 2. The van der Waals surface area contributed by atoms with Crippen LogP contribution in [0.25, 0.3) is 0 Å². The minimum Gasteiger partial charge on any atom is -0.497 e. The smallest absolute Gasteiger partial charge is 0.326 e. The van der Waals surface area contributed by atoms with Crippen LogP contribution in [0.4, 0.5) is 0 Å². The normalized spacial score (nSPS) is 17.2. The SMILES string of the molecule is COc1ccc(Oc2ccc(S(=O)(=O)N3CCCC3c3[nH]c(=O)[nH]c3O)cc2)cc1. The van der Waals surface area contributed by atoms with Crippen molar-refractivity contribution in [2.45, 2.75) is 23.8 Å². The summed E-state index contributed by atoms with van der Waals surface area (Å²) >= 11 is 0. The van der Waals surface area contributed by atoms with E-state index in [4.69, 9.17) is 9.47 Å². The number of hydrogen-bond donors (Lipinski definition) is 3. The van der Waals surface area contributed by atoms with E-state index in [2.05, 4.69) is 9.97 Å².